The minimum atomic E-state index is 0.140. The molecule has 160 valence electrons. The zero-order valence-corrected chi connectivity index (χ0v) is 18.2. The van der Waals surface area contributed by atoms with Crippen molar-refractivity contribution in [3.8, 4) is 0 Å². The van der Waals surface area contributed by atoms with Gasteiger partial charge in [-0.15, -0.1) is 10.2 Å². The summed E-state index contributed by atoms with van der Waals surface area (Å²) in [5.74, 6) is 1.94. The van der Waals surface area contributed by atoms with Crippen LogP contribution in [0.25, 0.3) is 0 Å². The molecular weight excluding hydrogens is 400 g/mol. The Labute approximate surface area is 182 Å². The Kier molecular flexibility index (Phi) is 6.39. The quantitative estimate of drug-likeness (QED) is 0.654. The van der Waals surface area contributed by atoms with Crippen molar-refractivity contribution in [3.63, 3.8) is 0 Å². The van der Waals surface area contributed by atoms with Gasteiger partial charge < -0.3 is 10.2 Å². The number of piperazine rings is 1. The minimum Gasteiger partial charge on any atom is -0.352 e. The molecule has 0 spiro atoms. The number of halogens is 1. The Morgan fingerprint density at radius 1 is 1.13 bits per heavy atom. The molecule has 0 radical (unpaired) electrons. The van der Waals surface area contributed by atoms with Crippen LogP contribution in [0.4, 0.5) is 5.95 Å². The number of amides is 1. The third kappa shape index (κ3) is 5.40. The summed E-state index contributed by atoms with van der Waals surface area (Å²) in [7, 11) is 0. The van der Waals surface area contributed by atoms with Crippen molar-refractivity contribution in [2.45, 2.75) is 38.8 Å². The molecular formula is C22H29ClN6O. The lowest BCUT2D eigenvalue weighted by molar-refractivity contribution is -0.122. The molecule has 1 aliphatic carbocycles. The summed E-state index contributed by atoms with van der Waals surface area (Å²) in [5, 5.41) is 12.8. The van der Waals surface area contributed by atoms with Crippen LogP contribution >= 0.6 is 11.6 Å². The van der Waals surface area contributed by atoms with E-state index in [2.05, 4.69) is 36.5 Å². The van der Waals surface area contributed by atoms with Crippen LogP contribution < -0.4 is 10.2 Å². The summed E-state index contributed by atoms with van der Waals surface area (Å²) in [6, 6.07) is 8.25. The van der Waals surface area contributed by atoms with E-state index < -0.39 is 0 Å². The summed E-state index contributed by atoms with van der Waals surface area (Å²) in [5.41, 5.74) is 2.21. The Morgan fingerprint density at radius 3 is 2.47 bits per heavy atom. The summed E-state index contributed by atoms with van der Waals surface area (Å²) < 4.78 is 2.16. The maximum atomic E-state index is 12.1. The van der Waals surface area contributed by atoms with E-state index >= 15 is 0 Å². The molecule has 1 N–H and O–H groups in total. The molecule has 0 atom stereocenters. The van der Waals surface area contributed by atoms with Gasteiger partial charge in [-0.25, -0.2) is 0 Å². The first-order valence-electron chi connectivity index (χ1n) is 10.6. The van der Waals surface area contributed by atoms with E-state index in [0.717, 1.165) is 67.0 Å². The second-order valence-corrected chi connectivity index (χ2v) is 8.80. The first-order chi connectivity index (χ1) is 14.5. The number of rotatable bonds is 8. The van der Waals surface area contributed by atoms with Gasteiger partial charge in [0.15, 0.2) is 0 Å². The number of carbonyl (C=O) groups is 1. The minimum absolute atomic E-state index is 0.140. The molecule has 1 aromatic heterocycles. The summed E-state index contributed by atoms with van der Waals surface area (Å²) in [6.45, 7) is 10.6. The van der Waals surface area contributed by atoms with E-state index in [9.17, 15) is 4.79 Å². The fraction of sp³-hybridized carbons (Fsp3) is 0.500. The molecule has 1 saturated heterocycles. The van der Waals surface area contributed by atoms with Gasteiger partial charge in [0.25, 0.3) is 0 Å². The lowest BCUT2D eigenvalue weighted by atomic mass is 10.1. The van der Waals surface area contributed by atoms with Crippen molar-refractivity contribution in [1.82, 2.24) is 25.0 Å². The van der Waals surface area contributed by atoms with Crippen LogP contribution in [0.3, 0.4) is 0 Å². The average molecular weight is 429 g/mol. The highest BCUT2D eigenvalue weighted by Gasteiger charge is 2.27. The van der Waals surface area contributed by atoms with Crippen LogP contribution in [-0.4, -0.2) is 64.3 Å². The highest BCUT2D eigenvalue weighted by atomic mass is 35.5. The predicted octanol–water partition coefficient (Wildman–Crippen LogP) is 2.50. The van der Waals surface area contributed by atoms with Gasteiger partial charge in [-0.2, -0.15) is 0 Å². The number of anilines is 1. The molecule has 1 aromatic carbocycles. The first kappa shape index (κ1) is 20.9. The van der Waals surface area contributed by atoms with Crippen LogP contribution in [-0.2, 0) is 17.8 Å². The second kappa shape index (κ2) is 9.18. The molecule has 2 aliphatic rings. The molecule has 8 heteroatoms. The van der Waals surface area contributed by atoms with Crippen molar-refractivity contribution in [3.05, 3.63) is 52.8 Å². The number of carbonyl (C=O) groups excluding carboxylic acids is 1. The molecule has 4 rings (SSSR count). The highest BCUT2D eigenvalue weighted by molar-refractivity contribution is 6.30. The summed E-state index contributed by atoms with van der Waals surface area (Å²) >= 11 is 6.01. The summed E-state index contributed by atoms with van der Waals surface area (Å²) in [6.07, 6.45) is 2.94. The number of nitrogens with one attached hydrogen (secondary N) is 1. The van der Waals surface area contributed by atoms with Crippen LogP contribution in [0.1, 0.15) is 31.2 Å². The zero-order valence-electron chi connectivity index (χ0n) is 17.5. The number of aromatic nitrogens is 3. The fourth-order valence-electron chi connectivity index (χ4n) is 3.72. The van der Waals surface area contributed by atoms with Crippen molar-refractivity contribution in [2.24, 2.45) is 0 Å². The van der Waals surface area contributed by atoms with Gasteiger partial charge in [0, 0.05) is 50.2 Å². The van der Waals surface area contributed by atoms with Crippen molar-refractivity contribution in [1.29, 1.82) is 0 Å². The molecule has 1 aliphatic heterocycles. The topological polar surface area (TPSA) is 66.3 Å². The van der Waals surface area contributed by atoms with E-state index in [4.69, 9.17) is 11.6 Å². The second-order valence-electron chi connectivity index (χ2n) is 8.37. The first-order valence-corrected chi connectivity index (χ1v) is 10.9. The molecule has 1 amide bonds. The molecule has 7 nitrogen and oxygen atoms in total. The Bertz CT molecular complexity index is 897. The SMILES string of the molecule is C=C(C)Cn1c(Cc2ccc(Cl)cc2)nnc1N1CCN(CC(=O)NC2CC2)CC1. The third-order valence-corrected chi connectivity index (χ3v) is 5.73. The monoisotopic (exact) mass is 428 g/mol. The lowest BCUT2D eigenvalue weighted by Crippen LogP contribution is -2.50. The lowest BCUT2D eigenvalue weighted by Gasteiger charge is -2.35. The van der Waals surface area contributed by atoms with Crippen LogP contribution in [0, 0.1) is 0 Å². The highest BCUT2D eigenvalue weighted by Crippen LogP contribution is 2.21. The molecule has 2 aromatic rings. The fourth-order valence-corrected chi connectivity index (χ4v) is 3.84. The summed E-state index contributed by atoms with van der Waals surface area (Å²) in [4.78, 5) is 16.5. The van der Waals surface area contributed by atoms with Crippen LogP contribution in [0.15, 0.2) is 36.4 Å². The largest absolute Gasteiger partial charge is 0.352 e. The molecule has 0 bridgehead atoms. The maximum Gasteiger partial charge on any atom is 0.234 e. The van der Waals surface area contributed by atoms with E-state index in [-0.39, 0.29) is 5.91 Å². The predicted molar refractivity (Wildman–Crippen MR) is 119 cm³/mol. The van der Waals surface area contributed by atoms with Gasteiger partial charge in [0.2, 0.25) is 11.9 Å². The van der Waals surface area contributed by atoms with E-state index in [1.54, 1.807) is 0 Å². The van der Waals surface area contributed by atoms with Gasteiger partial charge in [-0.05, 0) is 37.5 Å². The van der Waals surface area contributed by atoms with Crippen LogP contribution in [0.2, 0.25) is 5.02 Å². The average Bonchev–Trinajstić information content (AvgIpc) is 3.44. The smallest absolute Gasteiger partial charge is 0.234 e. The van der Waals surface area contributed by atoms with Crippen molar-refractivity contribution >= 4 is 23.5 Å². The van der Waals surface area contributed by atoms with Gasteiger partial charge in [-0.1, -0.05) is 35.9 Å². The van der Waals surface area contributed by atoms with Gasteiger partial charge in [0.05, 0.1) is 6.54 Å². The van der Waals surface area contributed by atoms with Gasteiger partial charge >= 0.3 is 0 Å². The number of hydrogen-bond donors (Lipinski definition) is 1. The Morgan fingerprint density at radius 2 is 1.83 bits per heavy atom. The van der Waals surface area contributed by atoms with Crippen molar-refractivity contribution < 1.29 is 4.79 Å². The number of allylic oxidation sites excluding steroid dienone is 1. The van der Waals surface area contributed by atoms with E-state index in [0.29, 0.717) is 25.6 Å². The molecule has 0 unspecified atom stereocenters. The van der Waals surface area contributed by atoms with Gasteiger partial charge in [0.1, 0.15) is 5.82 Å². The molecule has 2 fully saturated rings. The van der Waals surface area contributed by atoms with E-state index in [1.165, 1.54) is 0 Å². The molecule has 2 heterocycles. The molecule has 1 saturated carbocycles. The zero-order chi connectivity index (χ0) is 21.1. The van der Waals surface area contributed by atoms with Crippen molar-refractivity contribution in [2.75, 3.05) is 37.6 Å². The molecule has 30 heavy (non-hydrogen) atoms. The number of hydrogen-bond acceptors (Lipinski definition) is 5. The Balaban J connectivity index is 1.41. The van der Waals surface area contributed by atoms with Gasteiger partial charge in [-0.3, -0.25) is 14.3 Å². The normalized spacial score (nSPS) is 17.2. The van der Waals surface area contributed by atoms with Crippen LogP contribution in [0.5, 0.6) is 0 Å². The maximum absolute atomic E-state index is 12.1. The Hall–Kier alpha value is -2.38. The number of nitrogens with zero attached hydrogens (tertiary/aromatic N) is 5. The third-order valence-electron chi connectivity index (χ3n) is 5.48. The van der Waals surface area contributed by atoms with E-state index in [1.807, 2.05) is 31.2 Å². The standard InChI is InChI=1S/C22H29ClN6O/c1-16(2)14-29-20(13-17-3-5-18(23)6-4-17)25-26-22(29)28-11-9-27(10-12-28)15-21(30)24-19-7-8-19/h3-6,19H,1,7-15H2,2H3,(H,24,30). The number of benzene rings is 1.